The van der Waals surface area contributed by atoms with Gasteiger partial charge in [-0.15, -0.1) is 0 Å². The van der Waals surface area contributed by atoms with E-state index < -0.39 is 0 Å². The quantitative estimate of drug-likeness (QED) is 0.318. The predicted octanol–water partition coefficient (Wildman–Crippen LogP) is 7.94. The van der Waals surface area contributed by atoms with Crippen molar-refractivity contribution in [2.24, 2.45) is 0 Å². The molecule has 0 saturated heterocycles. The Hall–Kier alpha value is -3.09. The topological polar surface area (TPSA) is 0 Å². The lowest BCUT2D eigenvalue weighted by molar-refractivity contribution is 0.697. The first kappa shape index (κ1) is 17.7. The normalized spacial score (nSPS) is 16.6. The maximum absolute atomic E-state index is 7.14. The summed E-state index contributed by atoms with van der Waals surface area (Å²) >= 11 is 7.14. The third-order valence-corrected chi connectivity index (χ3v) is 7.09. The first-order valence-corrected chi connectivity index (χ1v) is 10.9. The monoisotopic (exact) mass is 404 g/mol. The van der Waals surface area contributed by atoms with Gasteiger partial charge in [-0.05, 0) is 52.1 Å². The van der Waals surface area contributed by atoms with Crippen molar-refractivity contribution in [3.63, 3.8) is 0 Å². The summed E-state index contributed by atoms with van der Waals surface area (Å²) in [5.74, 6) is 0. The van der Waals surface area contributed by atoms with Gasteiger partial charge in [-0.3, -0.25) is 0 Å². The van der Waals surface area contributed by atoms with Crippen LogP contribution >= 0.6 is 11.6 Å². The second-order valence-electron chi connectivity index (χ2n) is 8.15. The molecular weight excluding hydrogens is 384 g/mol. The van der Waals surface area contributed by atoms with Crippen LogP contribution in [0.4, 0.5) is 0 Å². The van der Waals surface area contributed by atoms with E-state index in [1.165, 1.54) is 38.8 Å². The van der Waals surface area contributed by atoms with Crippen molar-refractivity contribution in [3.8, 4) is 0 Å². The van der Waals surface area contributed by atoms with Crippen LogP contribution in [0.3, 0.4) is 0 Å². The van der Waals surface area contributed by atoms with Crippen molar-refractivity contribution in [1.29, 1.82) is 0 Å². The molecule has 0 unspecified atom stereocenters. The highest BCUT2D eigenvalue weighted by Crippen LogP contribution is 2.59. The first-order valence-electron chi connectivity index (χ1n) is 10.5. The average Bonchev–Trinajstić information content (AvgIpc) is 3.11. The van der Waals surface area contributed by atoms with Gasteiger partial charge in [-0.2, -0.15) is 0 Å². The van der Waals surface area contributed by atoms with Gasteiger partial charge in [0, 0.05) is 10.9 Å². The fraction of sp³-hybridized carbons (Fsp3) is 0.103. The van der Waals surface area contributed by atoms with Crippen molar-refractivity contribution in [2.75, 3.05) is 0 Å². The fourth-order valence-corrected chi connectivity index (χ4v) is 5.89. The zero-order valence-corrected chi connectivity index (χ0v) is 17.4. The van der Waals surface area contributed by atoms with E-state index in [-0.39, 0.29) is 5.41 Å². The lowest BCUT2D eigenvalue weighted by Crippen LogP contribution is -2.30. The van der Waals surface area contributed by atoms with Crippen molar-refractivity contribution in [2.45, 2.75) is 18.3 Å². The van der Waals surface area contributed by atoms with Crippen LogP contribution in [0.15, 0.2) is 109 Å². The van der Waals surface area contributed by atoms with E-state index >= 15 is 0 Å². The van der Waals surface area contributed by atoms with Crippen molar-refractivity contribution < 1.29 is 0 Å². The van der Waals surface area contributed by atoms with E-state index in [1.54, 1.807) is 0 Å². The van der Waals surface area contributed by atoms with Gasteiger partial charge >= 0.3 is 0 Å². The second-order valence-corrected chi connectivity index (χ2v) is 8.53. The van der Waals surface area contributed by atoms with Gasteiger partial charge in [0.15, 0.2) is 0 Å². The minimum Gasteiger partial charge on any atom is -0.0836 e. The summed E-state index contributed by atoms with van der Waals surface area (Å²) in [6.45, 7) is 0. The molecule has 1 heteroatoms. The third kappa shape index (κ3) is 2.29. The molecule has 0 N–H and O–H groups in total. The van der Waals surface area contributed by atoms with Gasteiger partial charge in [-0.25, -0.2) is 0 Å². The standard InChI is InChI=1S/C29H21Cl/c30-28-23-16-8-7-11-20(23)19-26-27(28)24-17-9-10-18-25(24)29(26,21-12-3-1-4-13-21)22-14-5-2-6-15-22/h1-9,11-17,19H,10,18H2. The van der Waals surface area contributed by atoms with Gasteiger partial charge in [0.1, 0.15) is 0 Å². The number of benzene rings is 4. The van der Waals surface area contributed by atoms with Crippen LogP contribution in [0.25, 0.3) is 16.3 Å². The SMILES string of the molecule is Clc1c2c(cc3ccccc13)C(c1ccccc1)(c1ccccc1)C1=C2C=CCC1. The Morgan fingerprint density at radius 3 is 2.07 bits per heavy atom. The Bertz CT molecular complexity index is 1290. The molecule has 0 radical (unpaired) electrons. The number of hydrogen-bond acceptors (Lipinski definition) is 0. The number of rotatable bonds is 2. The highest BCUT2D eigenvalue weighted by Gasteiger charge is 2.48. The lowest BCUT2D eigenvalue weighted by atomic mass is 9.65. The first-order chi connectivity index (χ1) is 14.8. The summed E-state index contributed by atoms with van der Waals surface area (Å²) < 4.78 is 0. The maximum Gasteiger partial charge on any atom is 0.0677 e. The molecule has 144 valence electrons. The van der Waals surface area contributed by atoms with Crippen molar-refractivity contribution >= 4 is 27.9 Å². The minimum atomic E-state index is -0.314. The van der Waals surface area contributed by atoms with E-state index in [2.05, 4.69) is 103 Å². The molecule has 4 aromatic rings. The van der Waals surface area contributed by atoms with Crippen LogP contribution in [0, 0.1) is 0 Å². The molecule has 0 amide bonds. The summed E-state index contributed by atoms with van der Waals surface area (Å²) in [5.41, 5.74) is 7.59. The predicted molar refractivity (Wildman–Crippen MR) is 127 cm³/mol. The van der Waals surface area contributed by atoms with Crippen LogP contribution in [0.5, 0.6) is 0 Å². The Balaban J connectivity index is 1.83. The minimum absolute atomic E-state index is 0.314. The number of fused-ring (bicyclic) bond motifs is 3. The van der Waals surface area contributed by atoms with Crippen LogP contribution in [-0.4, -0.2) is 0 Å². The summed E-state index contributed by atoms with van der Waals surface area (Å²) in [4.78, 5) is 0. The molecule has 0 atom stereocenters. The van der Waals surface area contributed by atoms with Crippen molar-refractivity contribution in [1.82, 2.24) is 0 Å². The van der Waals surface area contributed by atoms with E-state index in [9.17, 15) is 0 Å². The molecule has 4 aromatic carbocycles. The van der Waals surface area contributed by atoms with Gasteiger partial charge in [0.2, 0.25) is 0 Å². The Morgan fingerprint density at radius 2 is 1.37 bits per heavy atom. The highest BCUT2D eigenvalue weighted by molar-refractivity contribution is 6.38. The molecule has 0 spiro atoms. The molecule has 0 aliphatic heterocycles. The third-order valence-electron chi connectivity index (χ3n) is 6.70. The summed E-state index contributed by atoms with van der Waals surface area (Å²) in [5, 5.41) is 3.19. The average molecular weight is 405 g/mol. The van der Waals surface area contributed by atoms with Crippen LogP contribution in [0.2, 0.25) is 5.02 Å². The number of hydrogen-bond donors (Lipinski definition) is 0. The zero-order chi connectivity index (χ0) is 20.1. The van der Waals surface area contributed by atoms with E-state index in [0.717, 1.165) is 23.3 Å². The van der Waals surface area contributed by atoms with Crippen LogP contribution < -0.4 is 0 Å². The van der Waals surface area contributed by atoms with Gasteiger partial charge < -0.3 is 0 Å². The summed E-state index contributed by atoms with van der Waals surface area (Å²) in [7, 11) is 0. The molecular formula is C29H21Cl. The highest BCUT2D eigenvalue weighted by atomic mass is 35.5. The van der Waals surface area contributed by atoms with Crippen molar-refractivity contribution in [3.05, 3.63) is 136 Å². The molecule has 0 bridgehead atoms. The Morgan fingerprint density at radius 1 is 0.733 bits per heavy atom. The van der Waals surface area contributed by atoms with Crippen LogP contribution in [0.1, 0.15) is 35.1 Å². The molecule has 0 aromatic heterocycles. The molecule has 2 aliphatic rings. The molecule has 6 rings (SSSR count). The molecule has 2 aliphatic carbocycles. The summed E-state index contributed by atoms with van der Waals surface area (Å²) in [6, 6.07) is 32.8. The zero-order valence-electron chi connectivity index (χ0n) is 16.6. The maximum atomic E-state index is 7.14. The Kier molecular flexibility index (Phi) is 3.97. The van der Waals surface area contributed by atoms with E-state index in [1.807, 2.05) is 0 Å². The van der Waals surface area contributed by atoms with Gasteiger partial charge in [0.25, 0.3) is 0 Å². The van der Waals surface area contributed by atoms with Gasteiger partial charge in [0.05, 0.1) is 10.4 Å². The second kappa shape index (κ2) is 6.72. The smallest absolute Gasteiger partial charge is 0.0677 e. The van der Waals surface area contributed by atoms with Crippen LogP contribution in [-0.2, 0) is 5.41 Å². The van der Waals surface area contributed by atoms with E-state index in [0.29, 0.717) is 0 Å². The lowest BCUT2D eigenvalue weighted by Gasteiger charge is -2.36. The van der Waals surface area contributed by atoms with Gasteiger partial charge in [-0.1, -0.05) is 109 Å². The number of allylic oxidation sites excluding steroid dienone is 4. The fourth-order valence-electron chi connectivity index (χ4n) is 5.52. The number of halogens is 1. The molecule has 30 heavy (non-hydrogen) atoms. The largest absolute Gasteiger partial charge is 0.0836 e. The Labute approximate surface area is 182 Å². The molecule has 0 nitrogen and oxygen atoms in total. The summed E-state index contributed by atoms with van der Waals surface area (Å²) in [6.07, 6.45) is 6.69. The molecule has 0 fully saturated rings. The molecule has 0 heterocycles. The van der Waals surface area contributed by atoms with E-state index in [4.69, 9.17) is 11.6 Å². The molecule has 0 saturated carbocycles.